The number of ether oxygens (including phenoxy) is 1. The summed E-state index contributed by atoms with van der Waals surface area (Å²) in [6.07, 6.45) is -0.651. The SMILES string of the molecule is CC(C)(C)OC(=O)NCC(=O)NCc1cccc(NC(=O)c2ccccc2S)c1. The van der Waals surface area contributed by atoms with Crippen LogP contribution in [0.1, 0.15) is 36.7 Å². The largest absolute Gasteiger partial charge is 0.444 e. The Hall–Kier alpha value is -3.00. The number of carbonyl (C=O) groups excluding carboxylic acids is 3. The van der Waals surface area contributed by atoms with E-state index in [9.17, 15) is 14.4 Å². The summed E-state index contributed by atoms with van der Waals surface area (Å²) in [5, 5.41) is 7.92. The molecule has 29 heavy (non-hydrogen) atoms. The van der Waals surface area contributed by atoms with E-state index < -0.39 is 11.7 Å². The number of amides is 3. The molecular formula is C21H25N3O4S. The Morgan fingerprint density at radius 2 is 1.72 bits per heavy atom. The van der Waals surface area contributed by atoms with Crippen molar-refractivity contribution < 1.29 is 19.1 Å². The van der Waals surface area contributed by atoms with Crippen molar-refractivity contribution >= 4 is 36.2 Å². The number of nitrogens with one attached hydrogen (secondary N) is 3. The Morgan fingerprint density at radius 3 is 2.41 bits per heavy atom. The predicted octanol–water partition coefficient (Wildman–Crippen LogP) is 3.37. The molecule has 0 bridgehead atoms. The fourth-order valence-electron chi connectivity index (χ4n) is 2.35. The van der Waals surface area contributed by atoms with Crippen molar-refractivity contribution in [3.8, 4) is 0 Å². The van der Waals surface area contributed by atoms with Gasteiger partial charge in [0.05, 0.1) is 5.56 Å². The van der Waals surface area contributed by atoms with Gasteiger partial charge in [-0.3, -0.25) is 9.59 Å². The molecule has 2 aromatic carbocycles. The van der Waals surface area contributed by atoms with Crippen LogP contribution in [-0.4, -0.2) is 30.1 Å². The molecular weight excluding hydrogens is 390 g/mol. The number of carbonyl (C=O) groups is 3. The summed E-state index contributed by atoms with van der Waals surface area (Å²) in [6.45, 7) is 5.29. The molecule has 7 nitrogen and oxygen atoms in total. The molecule has 2 aromatic rings. The number of rotatable bonds is 6. The van der Waals surface area contributed by atoms with Crippen molar-refractivity contribution in [3.63, 3.8) is 0 Å². The van der Waals surface area contributed by atoms with Gasteiger partial charge in [0.25, 0.3) is 5.91 Å². The molecule has 0 spiro atoms. The van der Waals surface area contributed by atoms with Gasteiger partial charge in [-0.2, -0.15) is 0 Å². The molecule has 0 unspecified atom stereocenters. The van der Waals surface area contributed by atoms with Gasteiger partial charge in [-0.1, -0.05) is 24.3 Å². The van der Waals surface area contributed by atoms with Crippen LogP contribution in [0.3, 0.4) is 0 Å². The molecule has 2 rings (SSSR count). The lowest BCUT2D eigenvalue weighted by molar-refractivity contribution is -0.120. The van der Waals surface area contributed by atoms with Gasteiger partial charge in [0, 0.05) is 17.1 Å². The molecule has 0 aliphatic rings. The average molecular weight is 416 g/mol. The summed E-state index contributed by atoms with van der Waals surface area (Å²) < 4.78 is 5.07. The Kier molecular flexibility index (Phi) is 7.67. The van der Waals surface area contributed by atoms with Gasteiger partial charge >= 0.3 is 6.09 Å². The Labute approximate surface area is 175 Å². The van der Waals surface area contributed by atoms with Gasteiger partial charge < -0.3 is 20.7 Å². The second-order valence-corrected chi connectivity index (χ2v) is 7.79. The van der Waals surface area contributed by atoms with Crippen LogP contribution >= 0.6 is 12.6 Å². The highest BCUT2D eigenvalue weighted by Crippen LogP contribution is 2.16. The van der Waals surface area contributed by atoms with E-state index in [-0.39, 0.29) is 24.9 Å². The third-order valence-electron chi connectivity index (χ3n) is 3.62. The zero-order valence-electron chi connectivity index (χ0n) is 16.6. The maximum Gasteiger partial charge on any atom is 0.408 e. The van der Waals surface area contributed by atoms with Gasteiger partial charge in [0.2, 0.25) is 5.91 Å². The fraction of sp³-hybridized carbons (Fsp3) is 0.286. The molecule has 0 aromatic heterocycles. The van der Waals surface area contributed by atoms with E-state index >= 15 is 0 Å². The van der Waals surface area contributed by atoms with Crippen molar-refractivity contribution in [1.82, 2.24) is 10.6 Å². The van der Waals surface area contributed by atoms with E-state index in [1.807, 2.05) is 6.07 Å². The second-order valence-electron chi connectivity index (χ2n) is 7.30. The van der Waals surface area contributed by atoms with Crippen LogP contribution in [0.15, 0.2) is 53.4 Å². The predicted molar refractivity (Wildman–Crippen MR) is 114 cm³/mol. The zero-order chi connectivity index (χ0) is 21.4. The minimum Gasteiger partial charge on any atom is -0.444 e. The van der Waals surface area contributed by atoms with Crippen molar-refractivity contribution in [1.29, 1.82) is 0 Å². The van der Waals surface area contributed by atoms with Gasteiger partial charge in [-0.25, -0.2) is 4.79 Å². The summed E-state index contributed by atoms with van der Waals surface area (Å²) in [5.41, 5.74) is 1.25. The van der Waals surface area contributed by atoms with E-state index in [2.05, 4.69) is 28.6 Å². The Morgan fingerprint density at radius 1 is 1.00 bits per heavy atom. The second kappa shape index (κ2) is 9.97. The van der Waals surface area contributed by atoms with Gasteiger partial charge in [0.15, 0.2) is 0 Å². The first-order chi connectivity index (χ1) is 13.6. The minimum atomic E-state index is -0.651. The highest BCUT2D eigenvalue weighted by atomic mass is 32.1. The van der Waals surface area contributed by atoms with E-state index in [4.69, 9.17) is 4.74 Å². The lowest BCUT2D eigenvalue weighted by atomic mass is 10.1. The van der Waals surface area contributed by atoms with Crippen LogP contribution < -0.4 is 16.0 Å². The third-order valence-corrected chi connectivity index (χ3v) is 4.01. The average Bonchev–Trinajstić information content (AvgIpc) is 2.64. The first-order valence-electron chi connectivity index (χ1n) is 9.06. The molecule has 0 saturated heterocycles. The molecule has 0 atom stereocenters. The monoisotopic (exact) mass is 415 g/mol. The molecule has 8 heteroatoms. The summed E-state index contributed by atoms with van der Waals surface area (Å²) in [5.74, 6) is -0.618. The topological polar surface area (TPSA) is 96.5 Å². The number of benzene rings is 2. The van der Waals surface area contributed by atoms with Crippen molar-refractivity contribution in [3.05, 3.63) is 59.7 Å². The molecule has 0 saturated carbocycles. The number of hydrogen-bond donors (Lipinski definition) is 4. The number of anilines is 1. The molecule has 0 aliphatic heterocycles. The maximum atomic E-state index is 12.4. The van der Waals surface area contributed by atoms with Crippen molar-refractivity contribution in [2.24, 2.45) is 0 Å². The highest BCUT2D eigenvalue weighted by Gasteiger charge is 2.16. The van der Waals surface area contributed by atoms with Crippen molar-refractivity contribution in [2.45, 2.75) is 37.8 Å². The Bertz CT molecular complexity index is 893. The summed E-state index contributed by atoms with van der Waals surface area (Å²) in [6, 6.07) is 14.1. The number of thiol groups is 1. The number of hydrogen-bond acceptors (Lipinski definition) is 5. The van der Waals surface area contributed by atoms with E-state index in [1.165, 1.54) is 0 Å². The number of alkyl carbamates (subject to hydrolysis) is 1. The standard InChI is InChI=1S/C21H25N3O4S/c1-21(2,3)28-20(27)23-13-18(25)22-12-14-7-6-8-15(11-14)24-19(26)16-9-4-5-10-17(16)29/h4-11,29H,12-13H2,1-3H3,(H,22,25)(H,23,27)(H,24,26). The molecule has 0 radical (unpaired) electrons. The normalized spacial score (nSPS) is 10.8. The van der Waals surface area contributed by atoms with Gasteiger partial charge in [0.1, 0.15) is 12.1 Å². The fourth-order valence-corrected chi connectivity index (χ4v) is 2.62. The first kappa shape index (κ1) is 22.3. The maximum absolute atomic E-state index is 12.4. The van der Waals surface area contributed by atoms with E-state index in [0.29, 0.717) is 16.1 Å². The zero-order valence-corrected chi connectivity index (χ0v) is 17.5. The molecule has 3 N–H and O–H groups in total. The van der Waals surface area contributed by atoms with E-state index in [1.54, 1.807) is 63.2 Å². The van der Waals surface area contributed by atoms with Crippen LogP contribution in [-0.2, 0) is 16.1 Å². The van der Waals surface area contributed by atoms with Crippen LogP contribution in [0.25, 0.3) is 0 Å². The highest BCUT2D eigenvalue weighted by molar-refractivity contribution is 7.80. The van der Waals surface area contributed by atoms with Gasteiger partial charge in [-0.15, -0.1) is 12.6 Å². The van der Waals surface area contributed by atoms with Crippen LogP contribution in [0.5, 0.6) is 0 Å². The summed E-state index contributed by atoms with van der Waals surface area (Å²) >= 11 is 4.29. The minimum absolute atomic E-state index is 0.190. The van der Waals surface area contributed by atoms with E-state index in [0.717, 1.165) is 5.56 Å². The molecule has 3 amide bonds. The smallest absolute Gasteiger partial charge is 0.408 e. The molecule has 0 fully saturated rings. The lowest BCUT2D eigenvalue weighted by Crippen LogP contribution is -2.39. The van der Waals surface area contributed by atoms with Gasteiger partial charge in [-0.05, 0) is 50.6 Å². The molecule has 0 aliphatic carbocycles. The summed E-state index contributed by atoms with van der Waals surface area (Å²) in [7, 11) is 0. The summed E-state index contributed by atoms with van der Waals surface area (Å²) in [4.78, 5) is 36.4. The quantitative estimate of drug-likeness (QED) is 0.544. The molecule has 154 valence electrons. The Balaban J connectivity index is 1.85. The third kappa shape index (κ3) is 7.87. The van der Waals surface area contributed by atoms with Crippen LogP contribution in [0.4, 0.5) is 10.5 Å². The molecule has 0 heterocycles. The first-order valence-corrected chi connectivity index (χ1v) is 9.50. The van der Waals surface area contributed by atoms with Crippen LogP contribution in [0, 0.1) is 0 Å². The van der Waals surface area contributed by atoms with Crippen LogP contribution in [0.2, 0.25) is 0 Å². The lowest BCUT2D eigenvalue weighted by Gasteiger charge is -2.19. The van der Waals surface area contributed by atoms with Crippen molar-refractivity contribution in [2.75, 3.05) is 11.9 Å².